The third-order valence-electron chi connectivity index (χ3n) is 3.76. The van der Waals surface area contributed by atoms with Gasteiger partial charge in [-0.25, -0.2) is 0 Å². The first-order valence-corrected chi connectivity index (χ1v) is 6.97. The Kier molecular flexibility index (Phi) is 3.81. The van der Waals surface area contributed by atoms with Crippen molar-refractivity contribution in [1.29, 1.82) is 0 Å². The van der Waals surface area contributed by atoms with Crippen LogP contribution < -0.4 is 10.1 Å². The molecule has 3 rings (SSSR count). The SMILES string of the molecule is c1cc2c(cc1CCNC1CCCOC1)CCO2. The van der Waals surface area contributed by atoms with E-state index in [0.29, 0.717) is 6.04 Å². The van der Waals surface area contributed by atoms with Gasteiger partial charge in [0.25, 0.3) is 0 Å². The number of benzene rings is 1. The summed E-state index contributed by atoms with van der Waals surface area (Å²) in [5.41, 5.74) is 2.77. The average molecular weight is 247 g/mol. The van der Waals surface area contributed by atoms with E-state index in [1.807, 2.05) is 0 Å². The van der Waals surface area contributed by atoms with Crippen LogP contribution >= 0.6 is 0 Å². The van der Waals surface area contributed by atoms with Crippen molar-refractivity contribution in [2.75, 3.05) is 26.4 Å². The van der Waals surface area contributed by atoms with Crippen LogP contribution in [0.15, 0.2) is 18.2 Å². The molecule has 0 amide bonds. The van der Waals surface area contributed by atoms with Gasteiger partial charge in [0.15, 0.2) is 0 Å². The predicted octanol–water partition coefficient (Wildman–Crippen LogP) is 1.93. The van der Waals surface area contributed by atoms with Crippen molar-refractivity contribution in [2.45, 2.75) is 31.7 Å². The third kappa shape index (κ3) is 2.85. The number of fused-ring (bicyclic) bond motifs is 1. The molecule has 0 aromatic heterocycles. The summed E-state index contributed by atoms with van der Waals surface area (Å²) < 4.78 is 11.0. The summed E-state index contributed by atoms with van der Waals surface area (Å²) >= 11 is 0. The van der Waals surface area contributed by atoms with Crippen LogP contribution in [0.3, 0.4) is 0 Å². The molecule has 3 nitrogen and oxygen atoms in total. The lowest BCUT2D eigenvalue weighted by atomic mass is 10.1. The molecule has 1 fully saturated rings. The van der Waals surface area contributed by atoms with Gasteiger partial charge < -0.3 is 14.8 Å². The molecule has 1 aromatic carbocycles. The van der Waals surface area contributed by atoms with Crippen LogP contribution in [0, 0.1) is 0 Å². The van der Waals surface area contributed by atoms with E-state index in [0.717, 1.165) is 45.0 Å². The highest BCUT2D eigenvalue weighted by atomic mass is 16.5. The predicted molar refractivity (Wildman–Crippen MR) is 71.2 cm³/mol. The summed E-state index contributed by atoms with van der Waals surface area (Å²) in [7, 11) is 0. The minimum absolute atomic E-state index is 0.552. The van der Waals surface area contributed by atoms with Crippen LogP contribution in [-0.2, 0) is 17.6 Å². The van der Waals surface area contributed by atoms with Crippen molar-refractivity contribution >= 4 is 0 Å². The zero-order valence-electron chi connectivity index (χ0n) is 10.8. The van der Waals surface area contributed by atoms with E-state index in [4.69, 9.17) is 9.47 Å². The molecule has 1 N–H and O–H groups in total. The summed E-state index contributed by atoms with van der Waals surface area (Å²) in [5, 5.41) is 3.58. The Morgan fingerprint density at radius 1 is 1.28 bits per heavy atom. The first-order valence-electron chi connectivity index (χ1n) is 6.97. The molecule has 0 bridgehead atoms. The highest BCUT2D eigenvalue weighted by molar-refractivity contribution is 5.39. The largest absolute Gasteiger partial charge is 0.493 e. The summed E-state index contributed by atoms with van der Waals surface area (Å²) in [6, 6.07) is 7.14. The van der Waals surface area contributed by atoms with Gasteiger partial charge in [0.2, 0.25) is 0 Å². The number of rotatable bonds is 4. The van der Waals surface area contributed by atoms with Gasteiger partial charge in [-0.15, -0.1) is 0 Å². The van der Waals surface area contributed by atoms with Gasteiger partial charge in [-0.1, -0.05) is 12.1 Å². The van der Waals surface area contributed by atoms with Crippen molar-refractivity contribution in [2.24, 2.45) is 0 Å². The Balaban J connectivity index is 1.48. The maximum atomic E-state index is 5.52. The molecule has 2 heterocycles. The van der Waals surface area contributed by atoms with E-state index >= 15 is 0 Å². The topological polar surface area (TPSA) is 30.5 Å². The quantitative estimate of drug-likeness (QED) is 0.882. The average Bonchev–Trinajstić information content (AvgIpc) is 2.87. The second kappa shape index (κ2) is 5.72. The van der Waals surface area contributed by atoms with Gasteiger partial charge >= 0.3 is 0 Å². The van der Waals surface area contributed by atoms with Gasteiger partial charge in [-0.2, -0.15) is 0 Å². The van der Waals surface area contributed by atoms with Crippen LogP contribution in [0.4, 0.5) is 0 Å². The number of hydrogen-bond acceptors (Lipinski definition) is 3. The molecule has 3 heteroatoms. The summed E-state index contributed by atoms with van der Waals surface area (Å²) in [6.45, 7) is 3.69. The zero-order chi connectivity index (χ0) is 12.2. The van der Waals surface area contributed by atoms with Crippen molar-refractivity contribution in [3.63, 3.8) is 0 Å². The van der Waals surface area contributed by atoms with Gasteiger partial charge in [0, 0.05) is 19.1 Å². The molecule has 0 saturated carbocycles. The summed E-state index contributed by atoms with van der Waals surface area (Å²) in [5.74, 6) is 1.08. The molecule has 2 aliphatic rings. The smallest absolute Gasteiger partial charge is 0.122 e. The lowest BCUT2D eigenvalue weighted by Gasteiger charge is -2.23. The molecule has 98 valence electrons. The highest BCUT2D eigenvalue weighted by Crippen LogP contribution is 2.25. The Morgan fingerprint density at radius 2 is 2.28 bits per heavy atom. The molecule has 0 spiro atoms. The fourth-order valence-corrected chi connectivity index (χ4v) is 2.72. The molecule has 1 aromatic rings. The summed E-state index contributed by atoms with van der Waals surface area (Å²) in [4.78, 5) is 0. The first kappa shape index (κ1) is 12.0. The van der Waals surface area contributed by atoms with Crippen molar-refractivity contribution in [1.82, 2.24) is 5.32 Å². The number of nitrogens with one attached hydrogen (secondary N) is 1. The van der Waals surface area contributed by atoms with E-state index in [2.05, 4.69) is 23.5 Å². The van der Waals surface area contributed by atoms with Crippen LogP contribution in [0.1, 0.15) is 24.0 Å². The Hall–Kier alpha value is -1.06. The third-order valence-corrected chi connectivity index (χ3v) is 3.76. The van der Waals surface area contributed by atoms with Crippen molar-refractivity contribution in [3.8, 4) is 5.75 Å². The van der Waals surface area contributed by atoms with Gasteiger partial charge in [-0.3, -0.25) is 0 Å². The maximum Gasteiger partial charge on any atom is 0.122 e. The van der Waals surface area contributed by atoms with E-state index in [-0.39, 0.29) is 0 Å². The molecular formula is C15H21NO2. The lowest BCUT2D eigenvalue weighted by Crippen LogP contribution is -2.37. The lowest BCUT2D eigenvalue weighted by molar-refractivity contribution is 0.0707. The summed E-state index contributed by atoms with van der Waals surface area (Å²) in [6.07, 6.45) is 4.59. The van der Waals surface area contributed by atoms with Crippen LogP contribution in [0.2, 0.25) is 0 Å². The molecule has 1 saturated heterocycles. The molecule has 18 heavy (non-hydrogen) atoms. The standard InChI is InChI=1S/C15H21NO2/c1-2-14(11-17-8-1)16-7-5-12-3-4-15-13(10-12)6-9-18-15/h3-4,10,14,16H,1-2,5-9,11H2. The normalized spacial score (nSPS) is 22.6. The number of hydrogen-bond donors (Lipinski definition) is 1. The van der Waals surface area contributed by atoms with Gasteiger partial charge in [0.05, 0.1) is 13.2 Å². The fraction of sp³-hybridized carbons (Fsp3) is 0.600. The van der Waals surface area contributed by atoms with Crippen molar-refractivity contribution < 1.29 is 9.47 Å². The molecule has 0 radical (unpaired) electrons. The van der Waals surface area contributed by atoms with Gasteiger partial charge in [0.1, 0.15) is 5.75 Å². The molecule has 0 aliphatic carbocycles. The van der Waals surface area contributed by atoms with E-state index < -0.39 is 0 Å². The maximum absolute atomic E-state index is 5.52. The molecule has 2 aliphatic heterocycles. The molecular weight excluding hydrogens is 226 g/mol. The zero-order valence-corrected chi connectivity index (χ0v) is 10.8. The first-order chi connectivity index (χ1) is 8.92. The second-order valence-electron chi connectivity index (χ2n) is 5.16. The van der Waals surface area contributed by atoms with Crippen molar-refractivity contribution in [3.05, 3.63) is 29.3 Å². The van der Waals surface area contributed by atoms with Crippen LogP contribution in [-0.4, -0.2) is 32.4 Å². The highest BCUT2D eigenvalue weighted by Gasteiger charge is 2.14. The Bertz CT molecular complexity index is 399. The Morgan fingerprint density at radius 3 is 3.17 bits per heavy atom. The fourth-order valence-electron chi connectivity index (χ4n) is 2.72. The monoisotopic (exact) mass is 247 g/mol. The molecule has 1 atom stereocenters. The van der Waals surface area contributed by atoms with Crippen LogP contribution in [0.5, 0.6) is 5.75 Å². The van der Waals surface area contributed by atoms with E-state index in [9.17, 15) is 0 Å². The van der Waals surface area contributed by atoms with Gasteiger partial charge in [-0.05, 0) is 43.0 Å². The van der Waals surface area contributed by atoms with Crippen LogP contribution in [0.25, 0.3) is 0 Å². The minimum Gasteiger partial charge on any atom is -0.493 e. The Labute approximate surface area is 108 Å². The minimum atomic E-state index is 0.552. The van der Waals surface area contributed by atoms with E-state index in [1.54, 1.807) is 0 Å². The molecule has 1 unspecified atom stereocenters. The number of ether oxygens (including phenoxy) is 2. The van der Waals surface area contributed by atoms with E-state index in [1.165, 1.54) is 24.0 Å². The second-order valence-corrected chi connectivity index (χ2v) is 5.16.